The maximum Gasteiger partial charge on any atom is 0.135 e. The normalized spacial score (nSPS) is 11.5. The van der Waals surface area contributed by atoms with Crippen LogP contribution in [-0.4, -0.2) is 15.9 Å². The summed E-state index contributed by atoms with van der Waals surface area (Å²) in [5.74, 6) is 0. The molecule has 2 rings (SSSR count). The van der Waals surface area contributed by atoms with Gasteiger partial charge in [0.15, 0.2) is 0 Å². The summed E-state index contributed by atoms with van der Waals surface area (Å²) in [6.45, 7) is 2.08. The van der Waals surface area contributed by atoms with Crippen LogP contribution in [0, 0.1) is 0 Å². The van der Waals surface area contributed by atoms with E-state index in [1.54, 1.807) is 6.20 Å². The SMILES string of the molecule is CCc1ccccc1/C(=N\O)c1ccccn1. The van der Waals surface area contributed by atoms with Gasteiger partial charge in [-0.3, -0.25) is 4.98 Å². The van der Waals surface area contributed by atoms with Crippen molar-refractivity contribution >= 4 is 5.71 Å². The first-order valence-electron chi connectivity index (χ1n) is 5.58. The predicted octanol–water partition coefficient (Wildman–Crippen LogP) is 2.87. The first-order chi connectivity index (χ1) is 8.36. The van der Waals surface area contributed by atoms with Crippen molar-refractivity contribution in [2.75, 3.05) is 0 Å². The molecule has 3 heteroatoms. The van der Waals surface area contributed by atoms with E-state index in [-0.39, 0.29) is 0 Å². The van der Waals surface area contributed by atoms with E-state index in [1.165, 1.54) is 0 Å². The topological polar surface area (TPSA) is 45.5 Å². The molecule has 0 bridgehead atoms. The summed E-state index contributed by atoms with van der Waals surface area (Å²) in [7, 11) is 0. The lowest BCUT2D eigenvalue weighted by Crippen LogP contribution is -2.08. The molecule has 0 aliphatic carbocycles. The largest absolute Gasteiger partial charge is 0.410 e. The van der Waals surface area contributed by atoms with Crippen LogP contribution in [0.25, 0.3) is 0 Å². The van der Waals surface area contributed by atoms with Gasteiger partial charge in [0, 0.05) is 11.8 Å². The van der Waals surface area contributed by atoms with Gasteiger partial charge in [-0.25, -0.2) is 0 Å². The highest BCUT2D eigenvalue weighted by Gasteiger charge is 2.11. The summed E-state index contributed by atoms with van der Waals surface area (Å²) in [6, 6.07) is 13.4. The summed E-state index contributed by atoms with van der Waals surface area (Å²) in [5, 5.41) is 12.6. The van der Waals surface area contributed by atoms with Gasteiger partial charge in [-0.15, -0.1) is 0 Å². The number of nitrogens with zero attached hydrogens (tertiary/aromatic N) is 2. The van der Waals surface area contributed by atoms with E-state index < -0.39 is 0 Å². The maximum atomic E-state index is 9.20. The van der Waals surface area contributed by atoms with Crippen LogP contribution in [0.15, 0.2) is 53.8 Å². The van der Waals surface area contributed by atoms with Crippen LogP contribution in [0.4, 0.5) is 0 Å². The summed E-state index contributed by atoms with van der Waals surface area (Å²) >= 11 is 0. The Bertz CT molecular complexity index is 521. The number of hydrogen-bond donors (Lipinski definition) is 1. The lowest BCUT2D eigenvalue weighted by atomic mass is 9.99. The fourth-order valence-corrected chi connectivity index (χ4v) is 1.81. The minimum atomic E-state index is 0.517. The van der Waals surface area contributed by atoms with Gasteiger partial charge in [0.1, 0.15) is 5.71 Å². The summed E-state index contributed by atoms with van der Waals surface area (Å²) < 4.78 is 0. The van der Waals surface area contributed by atoms with Gasteiger partial charge in [0.25, 0.3) is 0 Å². The van der Waals surface area contributed by atoms with Crippen molar-refractivity contribution in [1.29, 1.82) is 0 Å². The number of oxime groups is 1. The van der Waals surface area contributed by atoms with Crippen molar-refractivity contribution in [1.82, 2.24) is 4.98 Å². The number of benzene rings is 1. The van der Waals surface area contributed by atoms with Gasteiger partial charge < -0.3 is 5.21 Å². The standard InChI is InChI=1S/C14H14N2O/c1-2-11-7-3-4-8-12(11)14(16-17)13-9-5-6-10-15-13/h3-10,17H,2H2,1H3/b16-14+. The summed E-state index contributed by atoms with van der Waals surface area (Å²) in [5.41, 5.74) is 3.26. The van der Waals surface area contributed by atoms with Crippen molar-refractivity contribution < 1.29 is 5.21 Å². The van der Waals surface area contributed by atoms with Crippen molar-refractivity contribution in [3.05, 3.63) is 65.5 Å². The molecule has 1 aromatic heterocycles. The fourth-order valence-electron chi connectivity index (χ4n) is 1.81. The average molecular weight is 226 g/mol. The molecule has 0 atom stereocenters. The second kappa shape index (κ2) is 5.25. The van der Waals surface area contributed by atoms with Crippen molar-refractivity contribution in [2.45, 2.75) is 13.3 Å². The lowest BCUT2D eigenvalue weighted by molar-refractivity contribution is 0.319. The number of rotatable bonds is 3. The Labute approximate surface area is 100 Å². The van der Waals surface area contributed by atoms with Gasteiger partial charge in [-0.05, 0) is 24.1 Å². The smallest absolute Gasteiger partial charge is 0.135 e. The van der Waals surface area contributed by atoms with Gasteiger partial charge >= 0.3 is 0 Å². The van der Waals surface area contributed by atoms with Crippen LogP contribution in [0.1, 0.15) is 23.7 Å². The highest BCUT2D eigenvalue weighted by atomic mass is 16.4. The molecule has 0 amide bonds. The Kier molecular flexibility index (Phi) is 3.50. The third-order valence-corrected chi connectivity index (χ3v) is 2.66. The van der Waals surface area contributed by atoms with Crippen LogP contribution < -0.4 is 0 Å². The minimum absolute atomic E-state index is 0.517. The number of hydrogen-bond acceptors (Lipinski definition) is 3. The molecular weight excluding hydrogens is 212 g/mol. The molecule has 1 heterocycles. The van der Waals surface area contributed by atoms with E-state index in [9.17, 15) is 5.21 Å². The molecule has 0 aliphatic heterocycles. The van der Waals surface area contributed by atoms with Crippen LogP contribution in [0.3, 0.4) is 0 Å². The molecule has 0 fully saturated rings. The molecule has 0 spiro atoms. The third-order valence-electron chi connectivity index (χ3n) is 2.66. The quantitative estimate of drug-likeness (QED) is 0.497. The summed E-state index contributed by atoms with van der Waals surface area (Å²) in [6.07, 6.45) is 2.58. The number of pyridine rings is 1. The third kappa shape index (κ3) is 2.33. The predicted molar refractivity (Wildman–Crippen MR) is 67.5 cm³/mol. The van der Waals surface area contributed by atoms with Gasteiger partial charge in [0.05, 0.1) is 5.69 Å². The molecule has 0 saturated carbocycles. The lowest BCUT2D eigenvalue weighted by Gasteiger charge is -2.08. The zero-order valence-electron chi connectivity index (χ0n) is 9.67. The van der Waals surface area contributed by atoms with Crippen LogP contribution in [0.2, 0.25) is 0 Å². The second-order valence-electron chi connectivity index (χ2n) is 3.67. The maximum absolute atomic E-state index is 9.20. The van der Waals surface area contributed by atoms with E-state index in [0.29, 0.717) is 11.4 Å². The molecule has 0 unspecified atom stereocenters. The van der Waals surface area contributed by atoms with Crippen LogP contribution in [0.5, 0.6) is 0 Å². The van der Waals surface area contributed by atoms with E-state index >= 15 is 0 Å². The zero-order chi connectivity index (χ0) is 12.1. The Morgan fingerprint density at radius 2 is 1.94 bits per heavy atom. The number of aryl methyl sites for hydroxylation is 1. The monoisotopic (exact) mass is 226 g/mol. The first-order valence-corrected chi connectivity index (χ1v) is 5.58. The molecule has 3 nitrogen and oxygen atoms in total. The average Bonchev–Trinajstić information content (AvgIpc) is 2.41. The highest BCUT2D eigenvalue weighted by Crippen LogP contribution is 2.14. The molecule has 0 radical (unpaired) electrons. The molecule has 2 aromatic rings. The molecule has 0 saturated heterocycles. The highest BCUT2D eigenvalue weighted by molar-refractivity contribution is 6.12. The molecular formula is C14H14N2O. The van der Waals surface area contributed by atoms with Crippen LogP contribution >= 0.6 is 0 Å². The Balaban J connectivity index is 2.51. The van der Waals surface area contributed by atoms with Crippen molar-refractivity contribution in [3.8, 4) is 0 Å². The molecule has 86 valence electrons. The minimum Gasteiger partial charge on any atom is -0.410 e. The zero-order valence-corrected chi connectivity index (χ0v) is 9.67. The Hall–Kier alpha value is -2.16. The summed E-state index contributed by atoms with van der Waals surface area (Å²) in [4.78, 5) is 4.21. The van der Waals surface area contributed by atoms with Crippen molar-refractivity contribution in [3.63, 3.8) is 0 Å². The fraction of sp³-hybridized carbons (Fsp3) is 0.143. The van der Waals surface area contributed by atoms with E-state index in [0.717, 1.165) is 17.5 Å². The second-order valence-corrected chi connectivity index (χ2v) is 3.67. The molecule has 1 N–H and O–H groups in total. The van der Waals surface area contributed by atoms with Gasteiger partial charge in [-0.2, -0.15) is 0 Å². The van der Waals surface area contributed by atoms with Crippen molar-refractivity contribution in [2.24, 2.45) is 5.16 Å². The molecule has 17 heavy (non-hydrogen) atoms. The van der Waals surface area contributed by atoms with E-state index in [1.807, 2.05) is 42.5 Å². The van der Waals surface area contributed by atoms with E-state index in [2.05, 4.69) is 17.1 Å². The molecule has 1 aromatic carbocycles. The van der Waals surface area contributed by atoms with E-state index in [4.69, 9.17) is 0 Å². The Morgan fingerprint density at radius 3 is 2.59 bits per heavy atom. The van der Waals surface area contributed by atoms with Gasteiger partial charge in [0.2, 0.25) is 0 Å². The Morgan fingerprint density at radius 1 is 1.18 bits per heavy atom. The van der Waals surface area contributed by atoms with Gasteiger partial charge in [-0.1, -0.05) is 42.4 Å². The first kappa shape index (κ1) is 11.3. The number of aromatic nitrogens is 1. The van der Waals surface area contributed by atoms with Crippen LogP contribution in [-0.2, 0) is 6.42 Å². The molecule has 0 aliphatic rings.